The van der Waals surface area contributed by atoms with Crippen molar-refractivity contribution in [2.75, 3.05) is 0 Å². The Morgan fingerprint density at radius 3 is 1.68 bits per heavy atom. The molecule has 0 aliphatic rings. The molecule has 0 aliphatic carbocycles. The molecule has 11 rings (SSSR count). The number of fused-ring (bicyclic) bond motifs is 6. The highest BCUT2D eigenvalue weighted by Gasteiger charge is 2.19. The Morgan fingerprint density at radius 2 is 0.875 bits per heavy atom. The number of para-hydroxylation sites is 1. The predicted molar refractivity (Wildman–Crippen MR) is 233 cm³/mol. The molecule has 0 amide bonds. The minimum absolute atomic E-state index is 0.564. The van der Waals surface area contributed by atoms with Crippen molar-refractivity contribution >= 4 is 53.4 Å². The van der Waals surface area contributed by atoms with Gasteiger partial charge in [-0.15, -0.1) is 11.3 Å². The molecular formula is C51H31N3OS. The number of aromatic nitrogens is 3. The van der Waals surface area contributed by atoms with E-state index in [1.165, 1.54) is 31.3 Å². The van der Waals surface area contributed by atoms with Gasteiger partial charge in [0.25, 0.3) is 0 Å². The van der Waals surface area contributed by atoms with Crippen molar-refractivity contribution in [1.29, 1.82) is 0 Å². The lowest BCUT2D eigenvalue weighted by molar-refractivity contribution is 0.669. The third-order valence-corrected chi connectivity index (χ3v) is 11.8. The topological polar surface area (TPSA) is 51.8 Å². The minimum Gasteiger partial charge on any atom is -0.455 e. The van der Waals surface area contributed by atoms with Gasteiger partial charge < -0.3 is 4.42 Å². The Kier molecular flexibility index (Phi) is 7.64. The molecule has 5 heteroatoms. The van der Waals surface area contributed by atoms with Crippen LogP contribution >= 0.6 is 11.3 Å². The van der Waals surface area contributed by atoms with Crippen molar-refractivity contribution < 1.29 is 4.42 Å². The SMILES string of the molecule is c1ccc(-c2ccc(-c3nc(-c4ccccc4)nc(-c4cccc5c4oc4ccc(-c6cccc(-c7cccc8c7sc7ccccc78)c6)cc45)n3)cc2)cc1. The molecule has 0 saturated carbocycles. The summed E-state index contributed by atoms with van der Waals surface area (Å²) < 4.78 is 9.28. The fourth-order valence-corrected chi connectivity index (χ4v) is 9.02. The number of benzene rings is 8. The van der Waals surface area contributed by atoms with E-state index in [-0.39, 0.29) is 0 Å². The standard InChI is InChI=1S/C51H31N3OS/c1-3-12-32(13-4-1)33-24-26-35(27-25-33)50-52-49(34-14-5-2-6-15-34)53-51(54-50)43-22-11-20-41-44-31-37(28-29-45(44)55-47(41)43)36-16-9-17-38(30-36)39-19-10-21-42-40-18-7-8-23-46(40)56-48(39)42/h1-31H. The minimum atomic E-state index is 0.564. The van der Waals surface area contributed by atoms with Crippen LogP contribution < -0.4 is 0 Å². The Morgan fingerprint density at radius 1 is 0.339 bits per heavy atom. The molecule has 0 unspecified atom stereocenters. The molecule has 11 aromatic rings. The molecule has 3 aromatic heterocycles. The average Bonchev–Trinajstić information content (AvgIpc) is 3.85. The normalized spacial score (nSPS) is 11.6. The van der Waals surface area contributed by atoms with Gasteiger partial charge in [-0.3, -0.25) is 0 Å². The number of furan rings is 1. The maximum Gasteiger partial charge on any atom is 0.167 e. The molecule has 0 spiro atoms. The van der Waals surface area contributed by atoms with Crippen LogP contribution in [0.1, 0.15) is 0 Å². The molecule has 56 heavy (non-hydrogen) atoms. The summed E-state index contributed by atoms with van der Waals surface area (Å²) in [6, 6.07) is 65.7. The number of nitrogens with zero attached hydrogens (tertiary/aromatic N) is 3. The fraction of sp³-hybridized carbons (Fsp3) is 0. The van der Waals surface area contributed by atoms with Gasteiger partial charge in [0.05, 0.1) is 5.56 Å². The van der Waals surface area contributed by atoms with Crippen LogP contribution in [0.15, 0.2) is 192 Å². The van der Waals surface area contributed by atoms with Crippen molar-refractivity contribution in [1.82, 2.24) is 15.0 Å². The van der Waals surface area contributed by atoms with E-state index in [0.29, 0.717) is 17.5 Å². The van der Waals surface area contributed by atoms with Crippen molar-refractivity contribution in [2.45, 2.75) is 0 Å². The summed E-state index contributed by atoms with van der Waals surface area (Å²) in [6.07, 6.45) is 0. The van der Waals surface area contributed by atoms with E-state index in [0.717, 1.165) is 60.9 Å². The van der Waals surface area contributed by atoms with Crippen LogP contribution in [0.5, 0.6) is 0 Å². The molecule has 8 aromatic carbocycles. The first-order valence-corrected chi connectivity index (χ1v) is 19.5. The maximum atomic E-state index is 6.66. The largest absolute Gasteiger partial charge is 0.455 e. The average molecular weight is 734 g/mol. The molecular weight excluding hydrogens is 703 g/mol. The van der Waals surface area contributed by atoms with Crippen molar-refractivity contribution in [3.05, 3.63) is 188 Å². The third kappa shape index (κ3) is 5.56. The van der Waals surface area contributed by atoms with Crippen molar-refractivity contribution in [3.63, 3.8) is 0 Å². The first kappa shape index (κ1) is 32.2. The van der Waals surface area contributed by atoms with Gasteiger partial charge in [0.15, 0.2) is 17.5 Å². The molecule has 0 aliphatic heterocycles. The van der Waals surface area contributed by atoms with Gasteiger partial charge in [0.1, 0.15) is 11.2 Å². The van der Waals surface area contributed by atoms with E-state index in [2.05, 4.69) is 146 Å². The molecule has 0 atom stereocenters. The molecule has 0 fully saturated rings. The first-order valence-electron chi connectivity index (χ1n) is 18.7. The summed E-state index contributed by atoms with van der Waals surface area (Å²) in [4.78, 5) is 15.1. The summed E-state index contributed by atoms with van der Waals surface area (Å²) in [7, 11) is 0. The van der Waals surface area contributed by atoms with Gasteiger partial charge in [-0.2, -0.15) is 0 Å². The molecule has 3 heterocycles. The summed E-state index contributed by atoms with van der Waals surface area (Å²) >= 11 is 1.86. The lowest BCUT2D eigenvalue weighted by Crippen LogP contribution is -2.00. The lowest BCUT2D eigenvalue weighted by atomic mass is 9.97. The van der Waals surface area contributed by atoms with Gasteiger partial charge in [-0.1, -0.05) is 158 Å². The number of hydrogen-bond acceptors (Lipinski definition) is 5. The maximum absolute atomic E-state index is 6.66. The zero-order valence-corrected chi connectivity index (χ0v) is 30.9. The van der Waals surface area contributed by atoms with Crippen LogP contribution in [0.2, 0.25) is 0 Å². The van der Waals surface area contributed by atoms with E-state index in [9.17, 15) is 0 Å². The van der Waals surface area contributed by atoms with Gasteiger partial charge in [-0.25, -0.2) is 15.0 Å². The van der Waals surface area contributed by atoms with E-state index in [4.69, 9.17) is 19.4 Å². The Hall–Kier alpha value is -7.21. The number of thiophene rings is 1. The van der Waals surface area contributed by atoms with Crippen LogP contribution in [0.25, 0.3) is 110 Å². The molecule has 4 nitrogen and oxygen atoms in total. The Bertz CT molecular complexity index is 3240. The van der Waals surface area contributed by atoms with Crippen molar-refractivity contribution in [3.8, 4) is 67.5 Å². The van der Waals surface area contributed by atoms with Crippen LogP contribution in [-0.2, 0) is 0 Å². The van der Waals surface area contributed by atoms with Crippen LogP contribution in [-0.4, -0.2) is 15.0 Å². The van der Waals surface area contributed by atoms with Gasteiger partial charge in [0, 0.05) is 42.1 Å². The van der Waals surface area contributed by atoms with E-state index in [1.54, 1.807) is 0 Å². The quantitative estimate of drug-likeness (QED) is 0.171. The second-order valence-corrected chi connectivity index (χ2v) is 15.0. The Labute approximate surface area is 327 Å². The van der Waals surface area contributed by atoms with Crippen LogP contribution in [0.3, 0.4) is 0 Å². The number of hydrogen-bond donors (Lipinski definition) is 0. The highest BCUT2D eigenvalue weighted by Crippen LogP contribution is 2.42. The second-order valence-electron chi connectivity index (χ2n) is 14.0. The summed E-state index contributed by atoms with van der Waals surface area (Å²) in [6.45, 7) is 0. The fourth-order valence-electron chi connectivity index (χ4n) is 7.78. The van der Waals surface area contributed by atoms with Crippen LogP contribution in [0, 0.1) is 0 Å². The lowest BCUT2D eigenvalue weighted by Gasteiger charge is -2.09. The highest BCUT2D eigenvalue weighted by atomic mass is 32.1. The van der Waals surface area contributed by atoms with E-state index < -0.39 is 0 Å². The molecule has 0 radical (unpaired) electrons. The smallest absolute Gasteiger partial charge is 0.167 e. The van der Waals surface area contributed by atoms with Gasteiger partial charge >= 0.3 is 0 Å². The highest BCUT2D eigenvalue weighted by molar-refractivity contribution is 7.26. The molecule has 0 bridgehead atoms. The summed E-state index contributed by atoms with van der Waals surface area (Å²) in [5, 5.41) is 4.67. The predicted octanol–water partition coefficient (Wildman–Crippen LogP) is 14.1. The molecule has 0 N–H and O–H groups in total. The first-order chi connectivity index (χ1) is 27.7. The Balaban J connectivity index is 1.01. The number of rotatable bonds is 6. The van der Waals surface area contributed by atoms with Gasteiger partial charge in [0.2, 0.25) is 0 Å². The van der Waals surface area contributed by atoms with Crippen molar-refractivity contribution in [2.24, 2.45) is 0 Å². The van der Waals surface area contributed by atoms with E-state index in [1.807, 2.05) is 53.8 Å². The third-order valence-electron chi connectivity index (χ3n) is 10.6. The monoisotopic (exact) mass is 733 g/mol. The second kappa shape index (κ2) is 13.3. The van der Waals surface area contributed by atoms with E-state index >= 15 is 0 Å². The van der Waals surface area contributed by atoms with Gasteiger partial charge in [-0.05, 0) is 63.7 Å². The zero-order chi connectivity index (χ0) is 37.0. The molecule has 0 saturated heterocycles. The summed E-state index contributed by atoms with van der Waals surface area (Å²) in [5.74, 6) is 1.78. The molecule has 262 valence electrons. The zero-order valence-electron chi connectivity index (χ0n) is 30.1. The van der Waals surface area contributed by atoms with Crippen LogP contribution in [0.4, 0.5) is 0 Å². The summed E-state index contributed by atoms with van der Waals surface area (Å²) in [5.41, 5.74) is 11.3.